The number of anilines is 1. The molecule has 0 atom stereocenters. The van der Waals surface area contributed by atoms with Crippen molar-refractivity contribution in [2.45, 2.75) is 25.2 Å². The van der Waals surface area contributed by atoms with Crippen molar-refractivity contribution in [1.82, 2.24) is 0 Å². The summed E-state index contributed by atoms with van der Waals surface area (Å²) in [6.07, 6.45) is 3.42. The van der Waals surface area contributed by atoms with Gasteiger partial charge in [0.25, 0.3) is 0 Å². The van der Waals surface area contributed by atoms with Gasteiger partial charge in [-0.2, -0.15) is 0 Å². The Kier molecular flexibility index (Phi) is 4.76. The van der Waals surface area contributed by atoms with Crippen molar-refractivity contribution in [2.24, 2.45) is 0 Å². The van der Waals surface area contributed by atoms with Crippen LogP contribution in [-0.4, -0.2) is 13.7 Å². The molecule has 146 valence electrons. The van der Waals surface area contributed by atoms with E-state index in [4.69, 9.17) is 4.74 Å². The Balaban J connectivity index is 1.66. The van der Waals surface area contributed by atoms with Crippen LogP contribution in [0.2, 0.25) is 0 Å². The number of benzene rings is 3. The Labute approximate surface area is 179 Å². The highest BCUT2D eigenvalue weighted by Crippen LogP contribution is 2.49. The number of aryl methyl sites for hydroxylation is 1. The van der Waals surface area contributed by atoms with Gasteiger partial charge in [0.2, 0.25) is 0 Å². The summed E-state index contributed by atoms with van der Waals surface area (Å²) in [5.74, 6) is 0.909. The van der Waals surface area contributed by atoms with Gasteiger partial charge in [0.1, 0.15) is 5.75 Å². The first-order chi connectivity index (χ1) is 14.2. The van der Waals surface area contributed by atoms with Gasteiger partial charge in [-0.15, -0.1) is 11.3 Å². The summed E-state index contributed by atoms with van der Waals surface area (Å²) in [6.45, 7) is 5.42. The predicted octanol–water partition coefficient (Wildman–Crippen LogP) is 7.56. The SMILES string of the molecule is CCc1c(/C=C2/Sc3ccc(OC)cc3N2CC)sc2ccc3ccccc3c12. The van der Waals surface area contributed by atoms with Crippen LogP contribution in [-0.2, 0) is 6.42 Å². The molecule has 1 aliphatic heterocycles. The molecule has 0 aliphatic carbocycles. The topological polar surface area (TPSA) is 12.5 Å². The average Bonchev–Trinajstić information content (AvgIpc) is 3.30. The molecule has 0 fully saturated rings. The molecule has 0 unspecified atom stereocenters. The van der Waals surface area contributed by atoms with Gasteiger partial charge < -0.3 is 9.64 Å². The van der Waals surface area contributed by atoms with Crippen LogP contribution in [0, 0.1) is 0 Å². The molecule has 2 heterocycles. The number of fused-ring (bicyclic) bond motifs is 4. The molecule has 0 saturated carbocycles. The second-order valence-corrected chi connectivity index (χ2v) is 9.27. The summed E-state index contributed by atoms with van der Waals surface area (Å²) >= 11 is 3.76. The van der Waals surface area contributed by atoms with Crippen molar-refractivity contribution >= 4 is 55.7 Å². The van der Waals surface area contributed by atoms with E-state index in [0.29, 0.717) is 0 Å². The summed E-state index contributed by atoms with van der Waals surface area (Å²) in [5, 5.41) is 5.40. The zero-order valence-corrected chi connectivity index (χ0v) is 18.5. The molecule has 0 amide bonds. The minimum absolute atomic E-state index is 0.909. The molecule has 4 heteroatoms. The minimum atomic E-state index is 0.909. The van der Waals surface area contributed by atoms with Crippen LogP contribution in [0.5, 0.6) is 5.75 Å². The number of ether oxygens (including phenoxy) is 1. The maximum atomic E-state index is 5.45. The molecule has 0 saturated heterocycles. The molecule has 0 bridgehead atoms. The molecule has 5 rings (SSSR count). The fourth-order valence-electron chi connectivity index (χ4n) is 4.17. The summed E-state index contributed by atoms with van der Waals surface area (Å²) in [6, 6.07) is 19.6. The summed E-state index contributed by atoms with van der Waals surface area (Å²) in [4.78, 5) is 5.06. The van der Waals surface area contributed by atoms with E-state index in [9.17, 15) is 0 Å². The van der Waals surface area contributed by atoms with Gasteiger partial charge in [0.05, 0.1) is 17.8 Å². The molecule has 3 aromatic carbocycles. The maximum Gasteiger partial charge on any atom is 0.121 e. The van der Waals surface area contributed by atoms with Crippen LogP contribution in [0.3, 0.4) is 0 Å². The highest BCUT2D eigenvalue weighted by Gasteiger charge is 2.25. The van der Waals surface area contributed by atoms with Gasteiger partial charge in [-0.3, -0.25) is 0 Å². The van der Waals surface area contributed by atoms with Crippen LogP contribution in [0.15, 0.2) is 64.5 Å². The largest absolute Gasteiger partial charge is 0.497 e. The second kappa shape index (κ2) is 7.43. The molecule has 0 N–H and O–H groups in total. The highest BCUT2D eigenvalue weighted by atomic mass is 32.2. The number of nitrogens with zero attached hydrogens (tertiary/aromatic N) is 1. The Bertz CT molecular complexity index is 1250. The molecule has 4 aromatic rings. The Morgan fingerprint density at radius 3 is 2.69 bits per heavy atom. The molecule has 2 nitrogen and oxygen atoms in total. The Hall–Kier alpha value is -2.43. The minimum Gasteiger partial charge on any atom is -0.497 e. The van der Waals surface area contributed by atoms with Gasteiger partial charge in [-0.25, -0.2) is 0 Å². The number of thioether (sulfide) groups is 1. The molecule has 1 aromatic heterocycles. The lowest BCUT2D eigenvalue weighted by molar-refractivity contribution is 0.414. The zero-order chi connectivity index (χ0) is 20.0. The molecule has 29 heavy (non-hydrogen) atoms. The first-order valence-electron chi connectivity index (χ1n) is 10.0. The van der Waals surface area contributed by atoms with Crippen LogP contribution in [0.4, 0.5) is 5.69 Å². The van der Waals surface area contributed by atoms with Crippen molar-refractivity contribution < 1.29 is 4.74 Å². The third-order valence-corrected chi connectivity index (χ3v) is 7.83. The fourth-order valence-corrected chi connectivity index (χ4v) is 6.64. The van der Waals surface area contributed by atoms with Gasteiger partial charge in [-0.05, 0) is 54.0 Å². The standard InChI is InChI=1S/C25H23NOS2/c1-4-18-23(28-22-12-10-16-8-6-7-9-19(16)25(18)22)15-24-26(5-2)20-14-17(27-3)11-13-21(20)29-24/h6-15H,4-5H2,1-3H3/b24-15+. The van der Waals surface area contributed by atoms with E-state index in [1.807, 2.05) is 29.2 Å². The number of rotatable bonds is 4. The van der Waals surface area contributed by atoms with Crippen molar-refractivity contribution in [3.63, 3.8) is 0 Å². The first-order valence-corrected chi connectivity index (χ1v) is 11.6. The number of hydrogen-bond donors (Lipinski definition) is 0. The average molecular weight is 418 g/mol. The van der Waals surface area contributed by atoms with E-state index in [-0.39, 0.29) is 0 Å². The van der Waals surface area contributed by atoms with E-state index in [1.54, 1.807) is 7.11 Å². The maximum absolute atomic E-state index is 5.45. The molecular formula is C25H23NOS2. The number of thiophene rings is 1. The van der Waals surface area contributed by atoms with Crippen molar-refractivity contribution in [3.8, 4) is 5.75 Å². The lowest BCUT2D eigenvalue weighted by Crippen LogP contribution is -2.16. The van der Waals surface area contributed by atoms with Crippen molar-refractivity contribution in [2.75, 3.05) is 18.6 Å². The summed E-state index contributed by atoms with van der Waals surface area (Å²) in [5.41, 5.74) is 2.70. The lowest BCUT2D eigenvalue weighted by atomic mass is 10.0. The van der Waals surface area contributed by atoms with Crippen molar-refractivity contribution in [3.05, 3.63) is 70.1 Å². The monoisotopic (exact) mass is 417 g/mol. The zero-order valence-electron chi connectivity index (χ0n) is 16.9. The molecular weight excluding hydrogens is 394 g/mol. The predicted molar refractivity (Wildman–Crippen MR) is 129 cm³/mol. The van der Waals surface area contributed by atoms with E-state index < -0.39 is 0 Å². The smallest absolute Gasteiger partial charge is 0.121 e. The molecule has 0 radical (unpaired) electrons. The second-order valence-electron chi connectivity index (χ2n) is 7.12. The van der Waals surface area contributed by atoms with E-state index in [2.05, 4.69) is 73.4 Å². The van der Waals surface area contributed by atoms with Crippen LogP contribution >= 0.6 is 23.1 Å². The Morgan fingerprint density at radius 1 is 1.03 bits per heavy atom. The quantitative estimate of drug-likeness (QED) is 0.340. The van der Waals surface area contributed by atoms with E-state index in [1.165, 1.54) is 46.9 Å². The molecule has 0 spiro atoms. The van der Waals surface area contributed by atoms with Crippen LogP contribution in [0.1, 0.15) is 24.3 Å². The lowest BCUT2D eigenvalue weighted by Gasteiger charge is -2.18. The van der Waals surface area contributed by atoms with Gasteiger partial charge >= 0.3 is 0 Å². The number of methoxy groups -OCH3 is 1. The fraction of sp³-hybridized carbons (Fsp3) is 0.200. The van der Waals surface area contributed by atoms with Gasteiger partial charge in [0, 0.05) is 32.5 Å². The third kappa shape index (κ3) is 3.02. The van der Waals surface area contributed by atoms with E-state index >= 15 is 0 Å². The third-order valence-electron chi connectivity index (χ3n) is 5.57. The van der Waals surface area contributed by atoms with Crippen molar-refractivity contribution in [1.29, 1.82) is 0 Å². The summed E-state index contributed by atoms with van der Waals surface area (Å²) < 4.78 is 6.82. The van der Waals surface area contributed by atoms with Gasteiger partial charge in [-0.1, -0.05) is 49.0 Å². The highest BCUT2D eigenvalue weighted by molar-refractivity contribution is 8.03. The molecule has 1 aliphatic rings. The number of hydrogen-bond acceptors (Lipinski definition) is 4. The van der Waals surface area contributed by atoms with Crippen LogP contribution in [0.25, 0.3) is 26.9 Å². The first kappa shape index (κ1) is 18.6. The Morgan fingerprint density at radius 2 is 1.90 bits per heavy atom. The van der Waals surface area contributed by atoms with Crippen LogP contribution < -0.4 is 9.64 Å². The van der Waals surface area contributed by atoms with Gasteiger partial charge in [0.15, 0.2) is 0 Å². The summed E-state index contributed by atoms with van der Waals surface area (Å²) in [7, 11) is 1.73. The normalized spacial score (nSPS) is 14.9. The van der Waals surface area contributed by atoms with E-state index in [0.717, 1.165) is 18.7 Å².